The molecule has 2 aromatic rings. The zero-order chi connectivity index (χ0) is 37.1. The van der Waals surface area contributed by atoms with E-state index in [-0.39, 0.29) is 63.1 Å². The normalized spacial score (nSPS) is 25.6. The van der Waals surface area contributed by atoms with E-state index < -0.39 is 47.4 Å². The van der Waals surface area contributed by atoms with Gasteiger partial charge in [0.15, 0.2) is 6.10 Å². The molecule has 0 bridgehead atoms. The highest BCUT2D eigenvalue weighted by molar-refractivity contribution is 6.32. The van der Waals surface area contributed by atoms with E-state index in [1.165, 1.54) is 27.4 Å². The van der Waals surface area contributed by atoms with Crippen LogP contribution >= 0.6 is 11.6 Å². The van der Waals surface area contributed by atoms with E-state index in [2.05, 4.69) is 10.6 Å². The van der Waals surface area contributed by atoms with Crippen LogP contribution in [0.2, 0.25) is 5.02 Å². The number of carbonyl (C=O) groups is 4. The van der Waals surface area contributed by atoms with Gasteiger partial charge in [-0.1, -0.05) is 74.8 Å². The number of benzene rings is 2. The van der Waals surface area contributed by atoms with Crippen molar-refractivity contribution < 1.29 is 47.6 Å². The third kappa shape index (κ3) is 10.8. The fourth-order valence-electron chi connectivity index (χ4n) is 6.19. The van der Waals surface area contributed by atoms with Crippen molar-refractivity contribution in [2.24, 2.45) is 17.3 Å². The molecule has 2 amide bonds. The van der Waals surface area contributed by atoms with E-state index >= 15 is 0 Å². The van der Waals surface area contributed by atoms with Crippen LogP contribution in [0.25, 0.3) is 0 Å². The summed E-state index contributed by atoms with van der Waals surface area (Å²) in [7, 11) is 4.31. The lowest BCUT2D eigenvalue weighted by molar-refractivity contribution is -0.184. The molecular weight excluding hydrogens is 680 g/mol. The molecule has 4 rings (SSSR count). The molecule has 2 heterocycles. The second-order valence-electron chi connectivity index (χ2n) is 13.5. The van der Waals surface area contributed by atoms with Crippen LogP contribution in [0.5, 0.6) is 5.75 Å². The van der Waals surface area contributed by atoms with Crippen LogP contribution in [0.15, 0.2) is 60.7 Å². The van der Waals surface area contributed by atoms with E-state index in [9.17, 15) is 19.2 Å². The van der Waals surface area contributed by atoms with Crippen LogP contribution < -0.4 is 15.4 Å². The molecule has 13 heteroatoms. The molecule has 1 saturated heterocycles. The molecule has 278 valence electrons. The number of halogens is 1. The molecule has 2 aliphatic rings. The Morgan fingerprint density at radius 3 is 2.29 bits per heavy atom. The van der Waals surface area contributed by atoms with Crippen LogP contribution in [-0.4, -0.2) is 89.2 Å². The first-order valence-electron chi connectivity index (χ1n) is 17.1. The molecule has 51 heavy (non-hydrogen) atoms. The lowest BCUT2D eigenvalue weighted by atomic mass is 9.89. The standard InChI is InChI=1S/C38H49ClN2O10/c1-23(2)17-31-36(44)49-29(24(3)33-34(51-33)26-11-8-7-9-12-26)13-10-14-32(42)41-28(19-25-15-16-30(48-6)27(39)18-25)35(43)40-20-38(21-46-4,22-47-5)37(45)50-31/h7-12,14-16,18,23-24,28-29,31,33-34H,13,17,19-22H2,1-6H3,(H,40,43)(H,41,42)/b14-10+/t24-,28+,29-,31-,33+,34+/m0/s1. The maximum Gasteiger partial charge on any atom is 0.347 e. The average molecular weight is 729 g/mol. The number of cyclic esters (lactones) is 2. The smallest absolute Gasteiger partial charge is 0.347 e. The fourth-order valence-corrected chi connectivity index (χ4v) is 6.47. The van der Waals surface area contributed by atoms with Crippen molar-refractivity contribution in [2.75, 3.05) is 41.1 Å². The Hall–Kier alpha value is -3.97. The molecule has 0 aromatic heterocycles. The predicted molar refractivity (Wildman–Crippen MR) is 189 cm³/mol. The minimum atomic E-state index is -1.54. The van der Waals surface area contributed by atoms with Crippen molar-refractivity contribution in [3.05, 3.63) is 76.8 Å². The number of carbonyl (C=O) groups excluding carboxylic acids is 4. The second kappa shape index (κ2) is 18.5. The van der Waals surface area contributed by atoms with E-state index in [0.717, 1.165) is 5.56 Å². The summed E-state index contributed by atoms with van der Waals surface area (Å²) in [6.45, 7) is 5.05. The predicted octanol–water partition coefficient (Wildman–Crippen LogP) is 4.38. The van der Waals surface area contributed by atoms with Crippen LogP contribution in [0, 0.1) is 17.3 Å². The summed E-state index contributed by atoms with van der Waals surface area (Å²) in [5.41, 5.74) is 0.125. The summed E-state index contributed by atoms with van der Waals surface area (Å²) in [6, 6.07) is 13.8. The number of epoxide rings is 1. The lowest BCUT2D eigenvalue weighted by Crippen LogP contribution is -2.55. The maximum absolute atomic E-state index is 14.0. The van der Waals surface area contributed by atoms with E-state index in [4.69, 9.17) is 40.0 Å². The van der Waals surface area contributed by atoms with Crippen LogP contribution in [0.3, 0.4) is 0 Å². The molecule has 0 unspecified atom stereocenters. The zero-order valence-electron chi connectivity index (χ0n) is 30.0. The Morgan fingerprint density at radius 1 is 0.961 bits per heavy atom. The third-order valence-electron chi connectivity index (χ3n) is 9.03. The molecule has 12 nitrogen and oxygen atoms in total. The van der Waals surface area contributed by atoms with Gasteiger partial charge in [-0.05, 0) is 41.7 Å². The van der Waals surface area contributed by atoms with Gasteiger partial charge in [0, 0.05) is 39.5 Å². The summed E-state index contributed by atoms with van der Waals surface area (Å²) in [5, 5.41) is 5.90. The summed E-state index contributed by atoms with van der Waals surface area (Å²) in [5.74, 6) is -2.50. The molecule has 1 fully saturated rings. The number of rotatable bonds is 12. The minimum absolute atomic E-state index is 0.0409. The van der Waals surface area contributed by atoms with Gasteiger partial charge in [0.25, 0.3) is 0 Å². The summed E-state index contributed by atoms with van der Waals surface area (Å²) in [4.78, 5) is 54.9. The lowest BCUT2D eigenvalue weighted by Gasteiger charge is -2.33. The van der Waals surface area contributed by atoms with Gasteiger partial charge in [0.2, 0.25) is 11.8 Å². The number of hydrogen-bond acceptors (Lipinski definition) is 10. The topological polar surface area (TPSA) is 151 Å². The quantitative estimate of drug-likeness (QED) is 0.238. The number of methoxy groups -OCH3 is 3. The van der Waals surface area contributed by atoms with Crippen molar-refractivity contribution in [2.45, 2.75) is 70.5 Å². The SMILES string of the molecule is COCC1(COC)CNC(=O)[C@@H](Cc2ccc(OC)c(Cl)c2)NC(=O)/C=C/C[C@@H]([C@H](C)[C@H]2O[C@@H]2c2ccccc2)OC(=O)[C@H](CC(C)C)OC1=O. The van der Waals surface area contributed by atoms with Gasteiger partial charge in [-0.15, -0.1) is 0 Å². The molecule has 0 radical (unpaired) electrons. The Labute approximate surface area is 304 Å². The van der Waals surface area contributed by atoms with Crippen molar-refractivity contribution in [1.82, 2.24) is 10.6 Å². The van der Waals surface area contributed by atoms with Crippen molar-refractivity contribution >= 4 is 35.4 Å². The van der Waals surface area contributed by atoms with Gasteiger partial charge in [0.05, 0.1) is 31.5 Å². The number of hydrogen-bond donors (Lipinski definition) is 2. The first-order chi connectivity index (χ1) is 24.4. The largest absolute Gasteiger partial charge is 0.495 e. The van der Waals surface area contributed by atoms with Crippen LogP contribution in [0.4, 0.5) is 0 Å². The number of nitrogens with one attached hydrogen (secondary N) is 2. The maximum atomic E-state index is 14.0. The van der Waals surface area contributed by atoms with Gasteiger partial charge in [0.1, 0.15) is 29.4 Å². The van der Waals surface area contributed by atoms with Crippen LogP contribution in [-0.2, 0) is 49.3 Å². The highest BCUT2D eigenvalue weighted by Gasteiger charge is 2.48. The molecule has 0 aliphatic carbocycles. The highest BCUT2D eigenvalue weighted by atomic mass is 35.5. The Balaban J connectivity index is 1.69. The molecule has 2 N–H and O–H groups in total. The second-order valence-corrected chi connectivity index (χ2v) is 13.9. The Morgan fingerprint density at radius 2 is 1.67 bits per heavy atom. The molecule has 2 aromatic carbocycles. The van der Waals surface area contributed by atoms with Crippen molar-refractivity contribution in [1.29, 1.82) is 0 Å². The van der Waals surface area contributed by atoms with E-state index in [0.29, 0.717) is 16.3 Å². The summed E-state index contributed by atoms with van der Waals surface area (Å²) in [6.07, 6.45) is 0.927. The van der Waals surface area contributed by atoms with E-state index in [1.807, 2.05) is 51.1 Å². The third-order valence-corrected chi connectivity index (χ3v) is 9.32. The summed E-state index contributed by atoms with van der Waals surface area (Å²) >= 11 is 6.36. The Bertz CT molecular complexity index is 1530. The zero-order valence-corrected chi connectivity index (χ0v) is 30.8. The first-order valence-corrected chi connectivity index (χ1v) is 17.5. The Kier molecular flexibility index (Phi) is 14.4. The minimum Gasteiger partial charge on any atom is -0.495 e. The van der Waals surface area contributed by atoms with Crippen molar-refractivity contribution in [3.8, 4) is 5.75 Å². The molecule has 0 saturated carbocycles. The molecular formula is C38H49ClN2O10. The van der Waals surface area contributed by atoms with Gasteiger partial charge in [-0.25, -0.2) is 4.79 Å². The van der Waals surface area contributed by atoms with Gasteiger partial charge in [-0.2, -0.15) is 0 Å². The number of esters is 2. The highest BCUT2D eigenvalue weighted by Crippen LogP contribution is 2.45. The monoisotopic (exact) mass is 728 g/mol. The van der Waals surface area contributed by atoms with Crippen molar-refractivity contribution in [3.63, 3.8) is 0 Å². The molecule has 6 atom stereocenters. The molecule has 2 aliphatic heterocycles. The first kappa shape index (κ1) is 39.8. The molecule has 0 spiro atoms. The van der Waals surface area contributed by atoms with Gasteiger partial charge < -0.3 is 39.1 Å². The van der Waals surface area contributed by atoms with Crippen LogP contribution in [0.1, 0.15) is 50.8 Å². The van der Waals surface area contributed by atoms with E-state index in [1.54, 1.807) is 24.3 Å². The fraction of sp³-hybridized carbons (Fsp3) is 0.526. The number of ether oxygens (including phenoxy) is 6. The summed E-state index contributed by atoms with van der Waals surface area (Å²) < 4.78 is 34.2. The van der Waals surface area contributed by atoms with Gasteiger partial charge in [-0.3, -0.25) is 14.4 Å². The number of amides is 2. The average Bonchev–Trinajstić information content (AvgIpc) is 3.90. The van der Waals surface area contributed by atoms with Gasteiger partial charge >= 0.3 is 11.9 Å².